The van der Waals surface area contributed by atoms with Crippen LogP contribution in [0.2, 0.25) is 0 Å². The van der Waals surface area contributed by atoms with E-state index in [0.717, 1.165) is 25.9 Å². The Morgan fingerprint density at radius 1 is 1.37 bits per heavy atom. The summed E-state index contributed by atoms with van der Waals surface area (Å²) < 4.78 is 6.37. The number of carbonyl (C=O) groups is 1. The molecule has 1 amide bonds. The SMILES string of the molecule is Cc1c(CN)cc(NC(=O)OC(C)(C)C)c(C)c1I. The van der Waals surface area contributed by atoms with E-state index in [9.17, 15) is 4.79 Å². The standard InChI is InChI=1S/C14H21IN2O2/c1-8-10(7-16)6-11(9(2)12(8)15)17-13(18)19-14(3,4)5/h6H,7,16H2,1-5H3,(H,17,18). The quantitative estimate of drug-likeness (QED) is 0.774. The summed E-state index contributed by atoms with van der Waals surface area (Å²) >= 11 is 2.27. The summed E-state index contributed by atoms with van der Waals surface area (Å²) in [6.45, 7) is 9.97. The van der Waals surface area contributed by atoms with Crippen LogP contribution in [-0.4, -0.2) is 11.7 Å². The van der Waals surface area contributed by atoms with Crippen molar-refractivity contribution in [2.45, 2.75) is 46.8 Å². The molecule has 0 fully saturated rings. The minimum atomic E-state index is -0.507. The molecule has 0 bridgehead atoms. The van der Waals surface area contributed by atoms with E-state index in [0.29, 0.717) is 6.54 Å². The van der Waals surface area contributed by atoms with Gasteiger partial charge < -0.3 is 10.5 Å². The molecule has 0 saturated carbocycles. The highest BCUT2D eigenvalue weighted by Gasteiger charge is 2.18. The molecule has 4 nitrogen and oxygen atoms in total. The molecule has 0 aliphatic rings. The predicted octanol–water partition coefficient (Wildman–Crippen LogP) is 3.71. The summed E-state index contributed by atoms with van der Waals surface area (Å²) in [5.74, 6) is 0. The van der Waals surface area contributed by atoms with Crippen molar-refractivity contribution in [2.24, 2.45) is 5.73 Å². The van der Waals surface area contributed by atoms with Crippen LogP contribution in [0.4, 0.5) is 10.5 Å². The van der Waals surface area contributed by atoms with E-state index < -0.39 is 11.7 Å². The smallest absolute Gasteiger partial charge is 0.412 e. The summed E-state index contributed by atoms with van der Waals surface area (Å²) in [6, 6.07) is 1.91. The van der Waals surface area contributed by atoms with E-state index >= 15 is 0 Å². The van der Waals surface area contributed by atoms with Crippen molar-refractivity contribution in [1.82, 2.24) is 0 Å². The minimum Gasteiger partial charge on any atom is -0.444 e. The maximum atomic E-state index is 11.8. The molecule has 0 unspecified atom stereocenters. The first-order valence-corrected chi connectivity index (χ1v) is 7.22. The number of benzene rings is 1. The van der Waals surface area contributed by atoms with Gasteiger partial charge in [0.2, 0.25) is 0 Å². The maximum Gasteiger partial charge on any atom is 0.412 e. The Hall–Kier alpha value is -0.820. The van der Waals surface area contributed by atoms with Crippen molar-refractivity contribution in [3.8, 4) is 0 Å². The molecule has 0 heterocycles. The van der Waals surface area contributed by atoms with Gasteiger partial charge in [-0.3, -0.25) is 5.32 Å². The first kappa shape index (κ1) is 16.2. The highest BCUT2D eigenvalue weighted by molar-refractivity contribution is 14.1. The normalized spacial score (nSPS) is 11.3. The van der Waals surface area contributed by atoms with Crippen LogP contribution in [-0.2, 0) is 11.3 Å². The lowest BCUT2D eigenvalue weighted by molar-refractivity contribution is 0.0636. The summed E-state index contributed by atoms with van der Waals surface area (Å²) in [6.07, 6.45) is -0.446. The van der Waals surface area contributed by atoms with Gasteiger partial charge in [0, 0.05) is 15.8 Å². The summed E-state index contributed by atoms with van der Waals surface area (Å²) in [7, 11) is 0. The number of halogens is 1. The molecule has 0 spiro atoms. The first-order valence-electron chi connectivity index (χ1n) is 6.14. The lowest BCUT2D eigenvalue weighted by Gasteiger charge is -2.21. The zero-order valence-corrected chi connectivity index (χ0v) is 14.2. The number of hydrogen-bond donors (Lipinski definition) is 2. The van der Waals surface area contributed by atoms with E-state index in [-0.39, 0.29) is 0 Å². The van der Waals surface area contributed by atoms with Crippen LogP contribution in [0.5, 0.6) is 0 Å². The number of hydrogen-bond acceptors (Lipinski definition) is 3. The Bertz CT molecular complexity index is 493. The van der Waals surface area contributed by atoms with Crippen molar-refractivity contribution < 1.29 is 9.53 Å². The monoisotopic (exact) mass is 376 g/mol. The van der Waals surface area contributed by atoms with E-state index in [1.165, 1.54) is 0 Å². The third-order valence-electron chi connectivity index (χ3n) is 2.72. The van der Waals surface area contributed by atoms with E-state index in [1.54, 1.807) is 0 Å². The van der Waals surface area contributed by atoms with Crippen LogP contribution in [0, 0.1) is 17.4 Å². The third kappa shape index (κ3) is 4.35. The zero-order chi connectivity index (χ0) is 14.8. The molecular weight excluding hydrogens is 355 g/mol. The van der Waals surface area contributed by atoms with Gasteiger partial charge in [0.25, 0.3) is 0 Å². The van der Waals surface area contributed by atoms with Crippen molar-refractivity contribution in [1.29, 1.82) is 0 Å². The van der Waals surface area contributed by atoms with Gasteiger partial charge in [0.1, 0.15) is 5.60 Å². The average Bonchev–Trinajstić information content (AvgIpc) is 2.27. The molecule has 1 rings (SSSR count). The van der Waals surface area contributed by atoms with Crippen LogP contribution in [0.1, 0.15) is 37.5 Å². The van der Waals surface area contributed by atoms with E-state index in [2.05, 4.69) is 27.9 Å². The fourth-order valence-corrected chi connectivity index (χ4v) is 2.32. The lowest BCUT2D eigenvalue weighted by atomic mass is 10.0. The number of anilines is 1. The highest BCUT2D eigenvalue weighted by Crippen LogP contribution is 2.27. The molecule has 0 atom stereocenters. The first-order chi connectivity index (χ1) is 8.65. The molecule has 3 N–H and O–H groups in total. The fraction of sp³-hybridized carbons (Fsp3) is 0.500. The van der Waals surface area contributed by atoms with Crippen LogP contribution in [0.25, 0.3) is 0 Å². The molecule has 19 heavy (non-hydrogen) atoms. The number of nitrogens with one attached hydrogen (secondary N) is 1. The van der Waals surface area contributed by atoms with E-state index in [1.807, 2.05) is 40.7 Å². The maximum absolute atomic E-state index is 11.8. The molecule has 1 aromatic carbocycles. The number of ether oxygens (including phenoxy) is 1. The van der Waals surface area contributed by atoms with Gasteiger partial charge in [-0.05, 0) is 80.0 Å². The summed E-state index contributed by atoms with van der Waals surface area (Å²) in [5, 5.41) is 2.79. The highest BCUT2D eigenvalue weighted by atomic mass is 127. The average molecular weight is 376 g/mol. The Morgan fingerprint density at radius 3 is 2.42 bits per heavy atom. The molecule has 0 saturated heterocycles. The Labute approximate surface area is 128 Å². The minimum absolute atomic E-state index is 0.446. The van der Waals surface area contributed by atoms with Gasteiger partial charge in [-0.15, -0.1) is 0 Å². The molecule has 5 heteroatoms. The third-order valence-corrected chi connectivity index (χ3v) is 4.34. The van der Waals surface area contributed by atoms with Gasteiger partial charge in [-0.2, -0.15) is 0 Å². The fourth-order valence-electron chi connectivity index (χ4n) is 1.69. The molecular formula is C14H21IN2O2. The summed E-state index contributed by atoms with van der Waals surface area (Å²) in [5.41, 5.74) is 9.19. The van der Waals surface area contributed by atoms with Crippen molar-refractivity contribution in [2.75, 3.05) is 5.32 Å². The van der Waals surface area contributed by atoms with Gasteiger partial charge in [0.05, 0.1) is 0 Å². The van der Waals surface area contributed by atoms with Gasteiger partial charge in [0.15, 0.2) is 0 Å². The van der Waals surface area contributed by atoms with Crippen LogP contribution < -0.4 is 11.1 Å². The largest absolute Gasteiger partial charge is 0.444 e. The van der Waals surface area contributed by atoms with Crippen LogP contribution >= 0.6 is 22.6 Å². The second kappa shape index (κ2) is 6.09. The number of amides is 1. The zero-order valence-electron chi connectivity index (χ0n) is 12.1. The number of nitrogens with two attached hydrogens (primary N) is 1. The molecule has 0 aliphatic carbocycles. The molecule has 0 aromatic heterocycles. The van der Waals surface area contributed by atoms with Crippen molar-refractivity contribution >= 4 is 34.4 Å². The van der Waals surface area contributed by atoms with Crippen molar-refractivity contribution in [3.63, 3.8) is 0 Å². The summed E-state index contributed by atoms with van der Waals surface area (Å²) in [4.78, 5) is 11.8. The topological polar surface area (TPSA) is 64.3 Å². The van der Waals surface area contributed by atoms with Crippen LogP contribution in [0.3, 0.4) is 0 Å². The second-order valence-electron chi connectivity index (χ2n) is 5.48. The van der Waals surface area contributed by atoms with E-state index in [4.69, 9.17) is 10.5 Å². The molecule has 0 aliphatic heterocycles. The van der Waals surface area contributed by atoms with Crippen LogP contribution in [0.15, 0.2) is 6.07 Å². The number of rotatable bonds is 2. The molecule has 1 aromatic rings. The van der Waals surface area contributed by atoms with Gasteiger partial charge >= 0.3 is 6.09 Å². The second-order valence-corrected chi connectivity index (χ2v) is 6.56. The predicted molar refractivity (Wildman–Crippen MR) is 86.4 cm³/mol. The Kier molecular flexibility index (Phi) is 5.20. The number of carbonyl (C=O) groups excluding carboxylic acids is 1. The van der Waals surface area contributed by atoms with Gasteiger partial charge in [-0.25, -0.2) is 4.79 Å². The lowest BCUT2D eigenvalue weighted by Crippen LogP contribution is -2.27. The molecule has 0 radical (unpaired) electrons. The van der Waals surface area contributed by atoms with Gasteiger partial charge in [-0.1, -0.05) is 0 Å². The van der Waals surface area contributed by atoms with Crippen molar-refractivity contribution in [3.05, 3.63) is 26.3 Å². The molecule has 106 valence electrons. The Balaban J connectivity index is 3.02. The Morgan fingerprint density at radius 2 is 1.95 bits per heavy atom.